The Bertz CT molecular complexity index is 1030. The number of aliphatic hydroxyl groups is 1. The fraction of sp³-hybridized carbons (Fsp3) is 0.621. The van der Waals surface area contributed by atoms with Crippen LogP contribution < -0.4 is 4.43 Å². The second kappa shape index (κ2) is 7.68. The molecule has 1 aromatic heterocycles. The molecule has 3 aliphatic rings. The van der Waals surface area contributed by atoms with Gasteiger partial charge >= 0.3 is 0 Å². The van der Waals surface area contributed by atoms with Gasteiger partial charge in [-0.25, -0.2) is 0 Å². The molecule has 3 nitrogen and oxygen atoms in total. The second-order valence-electron chi connectivity index (χ2n) is 12.7. The van der Waals surface area contributed by atoms with E-state index < -0.39 is 13.9 Å². The topological polar surface area (TPSA) is 42.4 Å². The molecule has 0 bridgehead atoms. The standard InChI is InChI=1S/C29H41NO2Si/c1-27(2,3)33(5,6)32-22-10-12-23-20(18-22)9-11-25-24(23)13-15-28(4)26(25)14-16-29(28,31)21-8-7-17-30-19-21/h7-8,10,12,17-19,24-26,31H,9,11,13-16H2,1-6H3/t24-,25-,26+,28+,29-/m1/s1. The highest BCUT2D eigenvalue weighted by Gasteiger charge is 2.62. The van der Waals surface area contributed by atoms with Gasteiger partial charge < -0.3 is 9.53 Å². The molecule has 3 aliphatic carbocycles. The number of fused-ring (bicyclic) bond motifs is 5. The van der Waals surface area contributed by atoms with E-state index in [1.165, 1.54) is 12.0 Å². The van der Waals surface area contributed by atoms with E-state index in [-0.39, 0.29) is 10.5 Å². The molecule has 0 radical (unpaired) electrons. The maximum Gasteiger partial charge on any atom is 0.250 e. The van der Waals surface area contributed by atoms with Crippen molar-refractivity contribution >= 4 is 8.32 Å². The highest BCUT2D eigenvalue weighted by molar-refractivity contribution is 6.74. The molecule has 1 heterocycles. The van der Waals surface area contributed by atoms with Gasteiger partial charge in [-0.2, -0.15) is 0 Å². The lowest BCUT2D eigenvalue weighted by Crippen LogP contribution is -2.49. The van der Waals surface area contributed by atoms with Crippen molar-refractivity contribution in [2.75, 3.05) is 0 Å². The van der Waals surface area contributed by atoms with Gasteiger partial charge in [0.1, 0.15) is 5.75 Å². The Kier molecular flexibility index (Phi) is 5.38. The summed E-state index contributed by atoms with van der Waals surface area (Å²) in [5, 5.41) is 12.2. The molecule has 4 heteroatoms. The van der Waals surface area contributed by atoms with Crippen LogP contribution in [0.1, 0.15) is 82.4 Å². The first kappa shape index (κ1) is 23.1. The van der Waals surface area contributed by atoms with Crippen molar-refractivity contribution in [2.45, 2.75) is 95.9 Å². The Morgan fingerprint density at radius 2 is 1.88 bits per heavy atom. The van der Waals surface area contributed by atoms with Crippen molar-refractivity contribution < 1.29 is 9.53 Å². The van der Waals surface area contributed by atoms with Crippen molar-refractivity contribution in [1.82, 2.24) is 4.98 Å². The first-order valence-electron chi connectivity index (χ1n) is 12.9. The Morgan fingerprint density at radius 3 is 2.58 bits per heavy atom. The molecule has 0 unspecified atom stereocenters. The maximum atomic E-state index is 12.0. The lowest BCUT2D eigenvalue weighted by atomic mass is 9.52. The van der Waals surface area contributed by atoms with Gasteiger partial charge in [-0.3, -0.25) is 4.98 Å². The molecule has 2 fully saturated rings. The van der Waals surface area contributed by atoms with E-state index in [1.807, 2.05) is 12.3 Å². The predicted molar refractivity (Wildman–Crippen MR) is 137 cm³/mol. The summed E-state index contributed by atoms with van der Waals surface area (Å²) < 4.78 is 6.63. The van der Waals surface area contributed by atoms with Crippen LogP contribution in [0.5, 0.6) is 5.75 Å². The van der Waals surface area contributed by atoms with Crippen molar-refractivity contribution in [2.24, 2.45) is 17.3 Å². The smallest absolute Gasteiger partial charge is 0.250 e. The zero-order valence-corrected chi connectivity index (χ0v) is 22.3. The first-order chi connectivity index (χ1) is 15.5. The summed E-state index contributed by atoms with van der Waals surface area (Å²) in [5.74, 6) is 2.91. The third-order valence-electron chi connectivity index (χ3n) is 10.2. The fourth-order valence-corrected chi connectivity index (χ4v) is 8.19. The maximum absolute atomic E-state index is 12.0. The van der Waals surface area contributed by atoms with Gasteiger partial charge in [0.05, 0.1) is 5.60 Å². The summed E-state index contributed by atoms with van der Waals surface area (Å²) in [7, 11) is -1.83. The molecule has 1 aromatic carbocycles. The van der Waals surface area contributed by atoms with E-state index >= 15 is 0 Å². The average Bonchev–Trinajstić information content (AvgIpc) is 3.05. The molecular formula is C29H41NO2Si. The minimum absolute atomic E-state index is 0.0694. The van der Waals surface area contributed by atoms with E-state index in [0.29, 0.717) is 17.8 Å². The Labute approximate surface area is 201 Å². The number of aryl methyl sites for hydroxylation is 1. The van der Waals surface area contributed by atoms with Crippen LogP contribution in [0.15, 0.2) is 42.7 Å². The number of benzene rings is 1. The van der Waals surface area contributed by atoms with E-state index in [2.05, 4.69) is 70.0 Å². The Hall–Kier alpha value is -1.65. The van der Waals surface area contributed by atoms with Crippen LogP contribution in [0.25, 0.3) is 0 Å². The highest BCUT2D eigenvalue weighted by atomic mass is 28.4. The molecule has 0 saturated heterocycles. The van der Waals surface area contributed by atoms with Crippen LogP contribution in [0.4, 0.5) is 0 Å². The van der Waals surface area contributed by atoms with Crippen LogP contribution in [0.3, 0.4) is 0 Å². The summed E-state index contributed by atoms with van der Waals surface area (Å²) >= 11 is 0. The minimum Gasteiger partial charge on any atom is -0.543 e. The fourth-order valence-electron chi connectivity index (χ4n) is 7.17. The van der Waals surface area contributed by atoms with Gasteiger partial charge in [0, 0.05) is 23.4 Å². The van der Waals surface area contributed by atoms with Gasteiger partial charge in [0.2, 0.25) is 8.32 Å². The molecule has 1 N–H and O–H groups in total. The molecule has 0 aliphatic heterocycles. The lowest BCUT2D eigenvalue weighted by Gasteiger charge is -2.53. The summed E-state index contributed by atoms with van der Waals surface area (Å²) in [5.41, 5.74) is 3.24. The first-order valence-corrected chi connectivity index (χ1v) is 15.8. The molecule has 5 rings (SSSR count). The number of pyridine rings is 1. The molecular weight excluding hydrogens is 422 g/mol. The van der Waals surface area contributed by atoms with Crippen molar-refractivity contribution in [1.29, 1.82) is 0 Å². The summed E-state index contributed by atoms with van der Waals surface area (Å²) in [6.07, 6.45) is 10.3. The SMILES string of the molecule is CC(C)(C)[Si](C)(C)Oc1ccc2c(c1)CC[C@@H]1[C@@H]2CC[C@@]2(C)[C@H]1CC[C@@]2(O)c1cccnc1. The molecule has 2 saturated carbocycles. The monoisotopic (exact) mass is 463 g/mol. The molecule has 33 heavy (non-hydrogen) atoms. The Morgan fingerprint density at radius 1 is 1.09 bits per heavy atom. The van der Waals surface area contributed by atoms with E-state index in [9.17, 15) is 5.11 Å². The quantitative estimate of drug-likeness (QED) is 0.489. The molecule has 5 atom stereocenters. The number of nitrogens with zero attached hydrogens (tertiary/aromatic N) is 1. The average molecular weight is 464 g/mol. The van der Waals surface area contributed by atoms with Crippen LogP contribution in [-0.4, -0.2) is 18.4 Å². The number of hydrogen-bond donors (Lipinski definition) is 1. The van der Waals surface area contributed by atoms with Crippen molar-refractivity contribution in [3.05, 3.63) is 59.4 Å². The number of rotatable bonds is 3. The zero-order chi connectivity index (χ0) is 23.6. The summed E-state index contributed by atoms with van der Waals surface area (Å²) in [4.78, 5) is 4.33. The summed E-state index contributed by atoms with van der Waals surface area (Å²) in [6.45, 7) is 13.9. The molecule has 0 amide bonds. The van der Waals surface area contributed by atoms with Crippen LogP contribution in [-0.2, 0) is 12.0 Å². The van der Waals surface area contributed by atoms with Crippen LogP contribution in [0, 0.1) is 17.3 Å². The second-order valence-corrected chi connectivity index (χ2v) is 17.5. The van der Waals surface area contributed by atoms with Crippen molar-refractivity contribution in [3.8, 4) is 5.75 Å². The van der Waals surface area contributed by atoms with Crippen LogP contribution >= 0.6 is 0 Å². The minimum atomic E-state index is -1.83. The molecule has 178 valence electrons. The van der Waals surface area contributed by atoms with Gasteiger partial charge in [0.25, 0.3) is 0 Å². The van der Waals surface area contributed by atoms with Gasteiger partial charge in [-0.15, -0.1) is 0 Å². The molecule has 2 aromatic rings. The largest absolute Gasteiger partial charge is 0.543 e. The van der Waals surface area contributed by atoms with Gasteiger partial charge in [-0.05, 0) is 104 Å². The summed E-state index contributed by atoms with van der Waals surface area (Å²) in [6, 6.07) is 11.0. The number of aromatic nitrogens is 1. The highest BCUT2D eigenvalue weighted by Crippen LogP contribution is 2.67. The Balaban J connectivity index is 1.41. The third kappa shape index (κ3) is 3.51. The third-order valence-corrected chi connectivity index (χ3v) is 14.5. The lowest BCUT2D eigenvalue weighted by molar-refractivity contribution is -0.108. The van der Waals surface area contributed by atoms with Crippen molar-refractivity contribution in [3.63, 3.8) is 0 Å². The van der Waals surface area contributed by atoms with E-state index in [0.717, 1.165) is 43.4 Å². The predicted octanol–water partition coefficient (Wildman–Crippen LogP) is 7.21. The molecule has 0 spiro atoms. The van der Waals surface area contributed by atoms with Gasteiger partial charge in [-0.1, -0.05) is 39.8 Å². The van der Waals surface area contributed by atoms with E-state index in [1.54, 1.807) is 11.8 Å². The normalized spacial score (nSPS) is 33.7. The number of hydrogen-bond acceptors (Lipinski definition) is 3. The van der Waals surface area contributed by atoms with Gasteiger partial charge in [0.15, 0.2) is 0 Å². The van der Waals surface area contributed by atoms with Crippen LogP contribution in [0.2, 0.25) is 18.1 Å². The zero-order valence-electron chi connectivity index (χ0n) is 21.3. The van der Waals surface area contributed by atoms with E-state index in [4.69, 9.17) is 4.43 Å².